The Morgan fingerprint density at radius 3 is 2.41 bits per heavy atom. The number of hydrogen-bond donors (Lipinski definition) is 1. The average Bonchev–Trinajstić information content (AvgIpc) is 2.48. The number of pyridine rings is 1. The Balaban J connectivity index is 2.11. The van der Waals surface area contributed by atoms with Crippen LogP contribution in [-0.2, 0) is 6.18 Å². The van der Waals surface area contributed by atoms with E-state index in [1.807, 2.05) is 0 Å². The number of aromatic nitrogens is 1. The van der Waals surface area contributed by atoms with Crippen molar-refractivity contribution in [3.05, 3.63) is 66.1 Å². The summed E-state index contributed by atoms with van der Waals surface area (Å²) >= 11 is 0. The van der Waals surface area contributed by atoms with E-state index >= 15 is 0 Å². The van der Waals surface area contributed by atoms with E-state index in [9.17, 15) is 17.6 Å². The van der Waals surface area contributed by atoms with Gasteiger partial charge in [0, 0.05) is 17.3 Å². The molecule has 0 atom stereocenters. The molecule has 0 aliphatic rings. The van der Waals surface area contributed by atoms with Gasteiger partial charge in [0.05, 0.1) is 16.8 Å². The van der Waals surface area contributed by atoms with E-state index in [1.165, 1.54) is 36.5 Å². The van der Waals surface area contributed by atoms with Crippen molar-refractivity contribution in [3.63, 3.8) is 0 Å². The zero-order valence-electron chi connectivity index (χ0n) is 11.2. The Labute approximate surface area is 123 Å². The minimum Gasteiger partial charge on any atom is -0.353 e. The lowest BCUT2D eigenvalue weighted by Gasteiger charge is -2.12. The zero-order valence-corrected chi connectivity index (χ0v) is 11.2. The predicted octanol–water partition coefficient (Wildman–Crippen LogP) is 5.14. The summed E-state index contributed by atoms with van der Waals surface area (Å²) in [6, 6.07) is 10.7. The monoisotopic (exact) mass is 306 g/mol. The number of anilines is 2. The second-order valence-electron chi connectivity index (χ2n) is 4.69. The standard InChI is InChI=1S/C16H10F4N2/c17-12-3-1-2-4-15(12)22-14-7-8-21-13-6-5-10(9-11(13)14)16(18,19)20/h1-9H,(H,21,22). The highest BCUT2D eigenvalue weighted by molar-refractivity contribution is 5.93. The molecule has 0 amide bonds. The second-order valence-corrected chi connectivity index (χ2v) is 4.69. The third kappa shape index (κ3) is 2.72. The molecule has 0 bridgehead atoms. The lowest BCUT2D eigenvalue weighted by atomic mass is 10.1. The molecule has 3 aromatic rings. The molecule has 0 fully saturated rings. The maximum absolute atomic E-state index is 13.7. The molecule has 1 N–H and O–H groups in total. The maximum atomic E-state index is 13.7. The first kappa shape index (κ1) is 14.3. The Morgan fingerprint density at radius 2 is 1.68 bits per heavy atom. The molecule has 6 heteroatoms. The molecule has 0 saturated carbocycles. The maximum Gasteiger partial charge on any atom is 0.416 e. The van der Waals surface area contributed by atoms with E-state index in [-0.39, 0.29) is 11.1 Å². The topological polar surface area (TPSA) is 24.9 Å². The Morgan fingerprint density at radius 1 is 0.909 bits per heavy atom. The van der Waals surface area contributed by atoms with Crippen LogP contribution in [0.25, 0.3) is 10.9 Å². The van der Waals surface area contributed by atoms with Crippen LogP contribution in [0.2, 0.25) is 0 Å². The van der Waals surface area contributed by atoms with Crippen molar-refractivity contribution >= 4 is 22.3 Å². The smallest absolute Gasteiger partial charge is 0.353 e. The number of fused-ring (bicyclic) bond motifs is 1. The number of nitrogens with one attached hydrogen (secondary N) is 1. The first-order chi connectivity index (χ1) is 10.4. The van der Waals surface area contributed by atoms with E-state index in [2.05, 4.69) is 10.3 Å². The fourth-order valence-corrected chi connectivity index (χ4v) is 2.14. The van der Waals surface area contributed by atoms with Gasteiger partial charge in [0.2, 0.25) is 0 Å². The molecule has 1 heterocycles. The number of benzene rings is 2. The van der Waals surface area contributed by atoms with Gasteiger partial charge in [-0.3, -0.25) is 4.98 Å². The molecular weight excluding hydrogens is 296 g/mol. The lowest BCUT2D eigenvalue weighted by molar-refractivity contribution is -0.137. The summed E-state index contributed by atoms with van der Waals surface area (Å²) in [5, 5.41) is 3.09. The minimum absolute atomic E-state index is 0.187. The van der Waals surface area contributed by atoms with Crippen LogP contribution < -0.4 is 5.32 Å². The van der Waals surface area contributed by atoms with Gasteiger partial charge >= 0.3 is 6.18 Å². The fraction of sp³-hybridized carbons (Fsp3) is 0.0625. The number of alkyl halides is 3. The van der Waals surface area contributed by atoms with Gasteiger partial charge in [-0.05, 0) is 36.4 Å². The van der Waals surface area contributed by atoms with Crippen LogP contribution in [0.3, 0.4) is 0 Å². The summed E-state index contributed by atoms with van der Waals surface area (Å²) in [6.07, 6.45) is -2.99. The summed E-state index contributed by atoms with van der Waals surface area (Å²) in [5.41, 5.74) is 0.174. The van der Waals surface area contributed by atoms with Gasteiger partial charge in [-0.15, -0.1) is 0 Å². The van der Waals surface area contributed by atoms with Gasteiger partial charge in [0.1, 0.15) is 5.82 Å². The first-order valence-electron chi connectivity index (χ1n) is 6.43. The van der Waals surface area contributed by atoms with Crippen LogP contribution in [0.15, 0.2) is 54.7 Å². The lowest BCUT2D eigenvalue weighted by Crippen LogP contribution is -2.05. The van der Waals surface area contributed by atoms with E-state index in [0.717, 1.165) is 12.1 Å². The van der Waals surface area contributed by atoms with Crippen molar-refractivity contribution in [2.24, 2.45) is 0 Å². The normalized spacial score (nSPS) is 11.6. The number of nitrogens with zero attached hydrogens (tertiary/aromatic N) is 1. The predicted molar refractivity (Wildman–Crippen MR) is 76.4 cm³/mol. The van der Waals surface area contributed by atoms with Gasteiger partial charge in [0.15, 0.2) is 0 Å². The van der Waals surface area contributed by atoms with Crippen molar-refractivity contribution in [2.75, 3.05) is 5.32 Å². The van der Waals surface area contributed by atoms with Gasteiger partial charge in [-0.2, -0.15) is 13.2 Å². The summed E-state index contributed by atoms with van der Waals surface area (Å²) < 4.78 is 52.2. The van der Waals surface area contributed by atoms with Crippen LogP contribution in [0.5, 0.6) is 0 Å². The van der Waals surface area contributed by atoms with Gasteiger partial charge in [-0.1, -0.05) is 12.1 Å². The number of para-hydroxylation sites is 1. The fourth-order valence-electron chi connectivity index (χ4n) is 2.14. The molecule has 0 unspecified atom stereocenters. The Kier molecular flexibility index (Phi) is 3.44. The van der Waals surface area contributed by atoms with Crippen LogP contribution in [0.1, 0.15) is 5.56 Å². The minimum atomic E-state index is -4.45. The molecule has 3 rings (SSSR count). The van der Waals surface area contributed by atoms with Crippen LogP contribution >= 0.6 is 0 Å². The number of rotatable bonds is 2. The van der Waals surface area contributed by atoms with Crippen molar-refractivity contribution < 1.29 is 17.6 Å². The van der Waals surface area contributed by atoms with Crippen molar-refractivity contribution in [2.45, 2.75) is 6.18 Å². The van der Waals surface area contributed by atoms with Gasteiger partial charge in [-0.25, -0.2) is 4.39 Å². The zero-order chi connectivity index (χ0) is 15.7. The van der Waals surface area contributed by atoms with Gasteiger partial charge < -0.3 is 5.32 Å². The van der Waals surface area contributed by atoms with Crippen LogP contribution in [0.4, 0.5) is 28.9 Å². The van der Waals surface area contributed by atoms with Crippen molar-refractivity contribution in [1.29, 1.82) is 0 Å². The molecular formula is C16H10F4N2. The largest absolute Gasteiger partial charge is 0.416 e. The quantitative estimate of drug-likeness (QED) is 0.663. The first-order valence-corrected chi connectivity index (χ1v) is 6.43. The summed E-state index contributed by atoms with van der Waals surface area (Å²) in [5.74, 6) is -0.487. The molecule has 0 aliphatic heterocycles. The Bertz CT molecular complexity index is 828. The molecule has 0 radical (unpaired) electrons. The summed E-state index contributed by atoms with van der Waals surface area (Å²) in [4.78, 5) is 4.03. The molecule has 2 nitrogen and oxygen atoms in total. The molecule has 2 aromatic carbocycles. The van der Waals surface area contributed by atoms with Crippen LogP contribution in [0, 0.1) is 5.82 Å². The SMILES string of the molecule is Fc1ccccc1Nc1ccnc2ccc(C(F)(F)F)cc12. The summed E-state index contributed by atoms with van der Waals surface area (Å²) in [6.45, 7) is 0. The highest BCUT2D eigenvalue weighted by Crippen LogP contribution is 2.34. The molecule has 112 valence electrons. The van der Waals surface area contributed by atoms with E-state index in [4.69, 9.17) is 0 Å². The molecule has 1 aromatic heterocycles. The molecule has 22 heavy (non-hydrogen) atoms. The molecule has 0 spiro atoms. The highest BCUT2D eigenvalue weighted by Gasteiger charge is 2.30. The molecule has 0 aliphatic carbocycles. The Hall–Kier alpha value is -2.63. The highest BCUT2D eigenvalue weighted by atomic mass is 19.4. The third-order valence-electron chi connectivity index (χ3n) is 3.21. The number of hydrogen-bond acceptors (Lipinski definition) is 2. The van der Waals surface area contributed by atoms with E-state index in [1.54, 1.807) is 6.07 Å². The number of halogens is 4. The second kappa shape index (κ2) is 5.29. The van der Waals surface area contributed by atoms with Crippen LogP contribution in [-0.4, -0.2) is 4.98 Å². The van der Waals surface area contributed by atoms with Gasteiger partial charge in [0.25, 0.3) is 0 Å². The van der Waals surface area contributed by atoms with E-state index in [0.29, 0.717) is 11.2 Å². The third-order valence-corrected chi connectivity index (χ3v) is 3.21. The van der Waals surface area contributed by atoms with Crippen molar-refractivity contribution in [1.82, 2.24) is 4.98 Å². The van der Waals surface area contributed by atoms with Crippen molar-refractivity contribution in [3.8, 4) is 0 Å². The summed E-state index contributed by atoms with van der Waals surface area (Å²) in [7, 11) is 0. The molecule has 0 saturated heterocycles. The van der Waals surface area contributed by atoms with E-state index < -0.39 is 17.6 Å². The average molecular weight is 306 g/mol.